The highest BCUT2D eigenvalue weighted by molar-refractivity contribution is 7.89. The second kappa shape index (κ2) is 6.56. The van der Waals surface area contributed by atoms with Gasteiger partial charge in [0, 0.05) is 25.4 Å². The maximum atomic E-state index is 11.3. The van der Waals surface area contributed by atoms with Crippen molar-refractivity contribution in [2.24, 2.45) is 0 Å². The minimum absolute atomic E-state index is 0.0658. The summed E-state index contributed by atoms with van der Waals surface area (Å²) < 4.78 is 26.7. The second-order valence-corrected chi connectivity index (χ2v) is 5.73. The zero-order valence-corrected chi connectivity index (χ0v) is 10.7. The molecule has 0 atom stereocenters. The predicted molar refractivity (Wildman–Crippen MR) is 67.4 cm³/mol. The molecule has 0 unspecified atom stereocenters. The summed E-state index contributed by atoms with van der Waals surface area (Å²) in [5.74, 6) is 0.151. The van der Waals surface area contributed by atoms with Crippen molar-refractivity contribution < 1.29 is 8.42 Å². The Morgan fingerprint density at radius 3 is 2.76 bits per heavy atom. The summed E-state index contributed by atoms with van der Waals surface area (Å²) in [7, 11) is -3.13. The van der Waals surface area contributed by atoms with Crippen LogP contribution in [0.2, 0.25) is 0 Å². The number of nitrogens with zero attached hydrogens (tertiary/aromatic N) is 1. The molecule has 5 nitrogen and oxygen atoms in total. The molecule has 17 heavy (non-hydrogen) atoms. The number of rotatable bonds is 7. The largest absolute Gasteiger partial charge is 0.315 e. The number of pyridine rings is 1. The van der Waals surface area contributed by atoms with Crippen LogP contribution >= 0.6 is 0 Å². The number of aromatic nitrogens is 1. The first kappa shape index (κ1) is 13.9. The van der Waals surface area contributed by atoms with Crippen molar-refractivity contribution in [1.82, 2.24) is 9.29 Å². The van der Waals surface area contributed by atoms with Gasteiger partial charge in [0.2, 0.25) is 15.6 Å². The van der Waals surface area contributed by atoms with E-state index in [-0.39, 0.29) is 11.3 Å². The van der Waals surface area contributed by atoms with Crippen molar-refractivity contribution >= 4 is 10.0 Å². The highest BCUT2D eigenvalue weighted by Gasteiger charge is 2.06. The summed E-state index contributed by atoms with van der Waals surface area (Å²) in [6, 6.07) is 4.95. The lowest BCUT2D eigenvalue weighted by atomic mass is 10.4. The van der Waals surface area contributed by atoms with E-state index >= 15 is 0 Å². The van der Waals surface area contributed by atoms with Crippen LogP contribution in [0.4, 0.5) is 0 Å². The van der Waals surface area contributed by atoms with Crippen molar-refractivity contribution in [1.29, 1.82) is 0 Å². The lowest BCUT2D eigenvalue weighted by molar-refractivity contribution is 0.565. The molecule has 1 N–H and O–H groups in total. The van der Waals surface area contributed by atoms with Gasteiger partial charge in [0.15, 0.2) is 0 Å². The van der Waals surface area contributed by atoms with Gasteiger partial charge in [0.1, 0.15) is 0 Å². The normalized spacial score (nSPS) is 11.6. The first-order valence-corrected chi connectivity index (χ1v) is 7.33. The lowest BCUT2D eigenvalue weighted by Crippen LogP contribution is -2.28. The Labute approximate surface area is 102 Å². The zero-order chi connectivity index (χ0) is 12.7. The molecule has 0 aromatic carbocycles. The summed E-state index contributed by atoms with van der Waals surface area (Å²) >= 11 is 0. The Hall–Kier alpha value is -1.14. The highest BCUT2D eigenvalue weighted by Crippen LogP contribution is 1.91. The average Bonchev–Trinajstić information content (AvgIpc) is 2.26. The molecule has 96 valence electrons. The van der Waals surface area contributed by atoms with Crippen LogP contribution in [0, 0.1) is 0 Å². The van der Waals surface area contributed by atoms with Gasteiger partial charge in [-0.2, -0.15) is 0 Å². The molecule has 0 amide bonds. The van der Waals surface area contributed by atoms with Crippen molar-refractivity contribution in [2.45, 2.75) is 26.3 Å². The summed E-state index contributed by atoms with van der Waals surface area (Å²) in [5.41, 5.74) is -0.0658. The van der Waals surface area contributed by atoms with Crippen molar-refractivity contribution in [3.05, 3.63) is 34.7 Å². The number of hydrogen-bond acceptors (Lipinski definition) is 3. The van der Waals surface area contributed by atoms with E-state index in [9.17, 15) is 13.2 Å². The van der Waals surface area contributed by atoms with Gasteiger partial charge in [-0.15, -0.1) is 0 Å². The van der Waals surface area contributed by atoms with E-state index in [1.807, 2.05) is 6.92 Å². The fraction of sp³-hybridized carbons (Fsp3) is 0.545. The Bertz CT molecular complexity index is 493. The maximum Gasteiger partial charge on any atom is 0.250 e. The average molecular weight is 258 g/mol. The smallest absolute Gasteiger partial charge is 0.250 e. The third-order valence-electron chi connectivity index (χ3n) is 2.27. The summed E-state index contributed by atoms with van der Waals surface area (Å²) in [6.07, 6.45) is 2.91. The van der Waals surface area contributed by atoms with Crippen molar-refractivity contribution in [3.63, 3.8) is 0 Å². The third-order valence-corrected chi connectivity index (χ3v) is 3.86. The van der Waals surface area contributed by atoms with E-state index in [4.69, 9.17) is 0 Å². The lowest BCUT2D eigenvalue weighted by Gasteiger charge is -2.06. The summed E-state index contributed by atoms with van der Waals surface area (Å²) in [6.45, 7) is 2.71. The predicted octanol–water partition coefficient (Wildman–Crippen LogP) is 0.568. The van der Waals surface area contributed by atoms with Crippen LogP contribution in [0.1, 0.15) is 19.8 Å². The molecule has 0 radical (unpaired) electrons. The molecule has 1 heterocycles. The van der Waals surface area contributed by atoms with Crippen LogP contribution in [-0.2, 0) is 16.6 Å². The fourth-order valence-corrected chi connectivity index (χ4v) is 2.60. The Balaban J connectivity index is 2.35. The van der Waals surface area contributed by atoms with Gasteiger partial charge in [0.25, 0.3) is 0 Å². The minimum atomic E-state index is -3.13. The van der Waals surface area contributed by atoms with E-state index in [1.54, 1.807) is 22.9 Å². The van der Waals surface area contributed by atoms with Crippen LogP contribution in [0.3, 0.4) is 0 Å². The number of sulfonamides is 1. The maximum absolute atomic E-state index is 11.3. The van der Waals surface area contributed by atoms with E-state index < -0.39 is 10.0 Å². The van der Waals surface area contributed by atoms with Gasteiger partial charge in [-0.1, -0.05) is 13.0 Å². The van der Waals surface area contributed by atoms with Crippen LogP contribution in [0.25, 0.3) is 0 Å². The fourth-order valence-electron chi connectivity index (χ4n) is 1.46. The van der Waals surface area contributed by atoms with E-state index in [0.29, 0.717) is 25.9 Å². The number of hydrogen-bond donors (Lipinski definition) is 1. The first-order valence-electron chi connectivity index (χ1n) is 5.68. The molecule has 0 aliphatic heterocycles. The number of aryl methyl sites for hydroxylation is 1. The molecule has 0 aliphatic carbocycles. The minimum Gasteiger partial charge on any atom is -0.315 e. The van der Waals surface area contributed by atoms with Crippen molar-refractivity contribution in [3.8, 4) is 0 Å². The molecular weight excluding hydrogens is 240 g/mol. The quantitative estimate of drug-likeness (QED) is 0.727. The molecule has 0 saturated carbocycles. The van der Waals surface area contributed by atoms with Crippen LogP contribution < -0.4 is 10.3 Å². The molecule has 0 fully saturated rings. The van der Waals surface area contributed by atoms with Gasteiger partial charge in [0.05, 0.1) is 5.75 Å². The van der Waals surface area contributed by atoms with Gasteiger partial charge in [-0.25, -0.2) is 13.1 Å². The molecular formula is C11H18N2O3S. The molecule has 0 spiro atoms. The molecule has 1 rings (SSSR count). The van der Waals surface area contributed by atoms with Gasteiger partial charge >= 0.3 is 0 Å². The van der Waals surface area contributed by atoms with Crippen LogP contribution in [0.5, 0.6) is 0 Å². The molecule has 0 bridgehead atoms. The topological polar surface area (TPSA) is 68.2 Å². The second-order valence-electron chi connectivity index (χ2n) is 3.80. The first-order chi connectivity index (χ1) is 8.05. The van der Waals surface area contributed by atoms with E-state index in [2.05, 4.69) is 4.72 Å². The molecule has 0 aliphatic rings. The van der Waals surface area contributed by atoms with Gasteiger partial charge in [-0.3, -0.25) is 4.79 Å². The monoisotopic (exact) mass is 258 g/mol. The van der Waals surface area contributed by atoms with Gasteiger partial charge in [-0.05, 0) is 18.9 Å². The van der Waals surface area contributed by atoms with Crippen molar-refractivity contribution in [2.75, 3.05) is 12.3 Å². The molecule has 1 aromatic rings. The Kier molecular flexibility index (Phi) is 5.37. The summed E-state index contributed by atoms with van der Waals surface area (Å²) in [4.78, 5) is 11.3. The zero-order valence-electron chi connectivity index (χ0n) is 9.93. The third kappa shape index (κ3) is 5.14. The van der Waals surface area contributed by atoms with Crippen LogP contribution in [-0.4, -0.2) is 25.3 Å². The Morgan fingerprint density at radius 1 is 1.35 bits per heavy atom. The van der Waals surface area contributed by atoms with Gasteiger partial charge < -0.3 is 4.57 Å². The number of nitrogens with one attached hydrogen (secondary N) is 1. The SMILES string of the molecule is CCCS(=O)(=O)NCCCn1ccccc1=O. The molecule has 0 saturated heterocycles. The Morgan fingerprint density at radius 2 is 2.12 bits per heavy atom. The van der Waals surface area contributed by atoms with E-state index in [0.717, 1.165) is 0 Å². The molecule has 1 aromatic heterocycles. The van der Waals surface area contributed by atoms with E-state index in [1.165, 1.54) is 6.07 Å². The molecule has 6 heteroatoms. The highest BCUT2D eigenvalue weighted by atomic mass is 32.2. The summed E-state index contributed by atoms with van der Waals surface area (Å²) in [5, 5.41) is 0. The standard InChI is InChI=1S/C11H18N2O3S/c1-2-10-17(15,16)12-7-5-9-13-8-4-3-6-11(13)14/h3-4,6,8,12H,2,5,7,9-10H2,1H3. The van der Waals surface area contributed by atoms with Crippen LogP contribution in [0.15, 0.2) is 29.2 Å².